The molecule has 2 aromatic carbocycles. The number of nitrogens with zero attached hydrogens (tertiary/aromatic N) is 1. The van der Waals surface area contributed by atoms with E-state index >= 15 is 0 Å². The van der Waals surface area contributed by atoms with Gasteiger partial charge < -0.3 is 4.90 Å². The van der Waals surface area contributed by atoms with Gasteiger partial charge in [-0.05, 0) is 62.6 Å². The summed E-state index contributed by atoms with van der Waals surface area (Å²) in [5.74, 6) is 0. The van der Waals surface area contributed by atoms with Crippen molar-refractivity contribution in [1.82, 2.24) is 0 Å². The van der Waals surface area contributed by atoms with Crippen molar-refractivity contribution in [3.63, 3.8) is 0 Å². The second kappa shape index (κ2) is 6.23. The van der Waals surface area contributed by atoms with Crippen LogP contribution in [-0.4, -0.2) is 6.04 Å². The first-order valence-electron chi connectivity index (χ1n) is 7.91. The van der Waals surface area contributed by atoms with Gasteiger partial charge in [-0.15, -0.1) is 0 Å². The van der Waals surface area contributed by atoms with Crippen molar-refractivity contribution in [2.75, 3.05) is 4.90 Å². The van der Waals surface area contributed by atoms with Crippen LogP contribution in [0.4, 0.5) is 11.4 Å². The molecule has 1 atom stereocenters. The summed E-state index contributed by atoms with van der Waals surface area (Å²) in [6.45, 7) is 6.47. The lowest BCUT2D eigenvalue weighted by Crippen LogP contribution is -2.30. The maximum absolute atomic E-state index is 2.44. The number of benzene rings is 2. The molecule has 0 amide bonds. The van der Waals surface area contributed by atoms with Gasteiger partial charge in [0, 0.05) is 11.4 Å². The van der Waals surface area contributed by atoms with Crippen LogP contribution in [-0.2, 0) is 0 Å². The summed E-state index contributed by atoms with van der Waals surface area (Å²) in [6, 6.07) is 17.9. The van der Waals surface area contributed by atoms with E-state index in [1.807, 2.05) is 0 Å². The molecule has 0 bridgehead atoms. The summed E-state index contributed by atoms with van der Waals surface area (Å²) < 4.78 is 0. The van der Waals surface area contributed by atoms with Crippen molar-refractivity contribution < 1.29 is 0 Å². The van der Waals surface area contributed by atoms with Gasteiger partial charge in [0.15, 0.2) is 0 Å². The SMILES string of the molecule is CC1=CCC(N(c2cccc(C)c2)c2cccc(C)c2)C=C1. The van der Waals surface area contributed by atoms with E-state index in [2.05, 4.69) is 92.4 Å². The van der Waals surface area contributed by atoms with Crippen LogP contribution in [0.15, 0.2) is 72.3 Å². The van der Waals surface area contributed by atoms with E-state index in [9.17, 15) is 0 Å². The molecule has 0 fully saturated rings. The van der Waals surface area contributed by atoms with Crippen LogP contribution in [0.5, 0.6) is 0 Å². The highest BCUT2D eigenvalue weighted by molar-refractivity contribution is 5.66. The number of aryl methyl sites for hydroxylation is 2. The zero-order valence-electron chi connectivity index (χ0n) is 13.6. The Morgan fingerprint density at radius 3 is 1.91 bits per heavy atom. The largest absolute Gasteiger partial charge is 0.334 e. The lowest BCUT2D eigenvalue weighted by atomic mass is 10.0. The van der Waals surface area contributed by atoms with E-state index in [-0.39, 0.29) is 0 Å². The maximum Gasteiger partial charge on any atom is 0.0560 e. The molecule has 2 aromatic rings. The molecular formula is C21H23N. The van der Waals surface area contributed by atoms with Gasteiger partial charge in [0.25, 0.3) is 0 Å². The van der Waals surface area contributed by atoms with E-state index in [1.54, 1.807) is 0 Å². The standard InChI is InChI=1S/C21H23N/c1-16-10-12-19(13-11-16)22(20-8-4-6-17(2)14-20)21-9-5-7-18(3)15-21/h4-12,14-15,19H,13H2,1-3H3. The molecule has 112 valence electrons. The molecule has 1 aliphatic rings. The van der Waals surface area contributed by atoms with Crippen molar-refractivity contribution >= 4 is 11.4 Å². The third kappa shape index (κ3) is 3.14. The molecule has 0 N–H and O–H groups in total. The molecule has 0 radical (unpaired) electrons. The monoisotopic (exact) mass is 289 g/mol. The summed E-state index contributed by atoms with van der Waals surface area (Å²) in [6.07, 6.45) is 7.92. The van der Waals surface area contributed by atoms with Gasteiger partial charge in [0.1, 0.15) is 0 Å². The third-order valence-electron chi connectivity index (χ3n) is 4.15. The minimum atomic E-state index is 0.368. The molecule has 0 heterocycles. The molecule has 22 heavy (non-hydrogen) atoms. The van der Waals surface area contributed by atoms with Gasteiger partial charge in [-0.3, -0.25) is 0 Å². The Morgan fingerprint density at radius 2 is 1.45 bits per heavy atom. The van der Waals surface area contributed by atoms with E-state index < -0.39 is 0 Å². The van der Waals surface area contributed by atoms with E-state index in [0.29, 0.717) is 6.04 Å². The van der Waals surface area contributed by atoms with Crippen LogP contribution >= 0.6 is 0 Å². The third-order valence-corrected chi connectivity index (χ3v) is 4.15. The van der Waals surface area contributed by atoms with Gasteiger partial charge in [0.2, 0.25) is 0 Å². The molecular weight excluding hydrogens is 266 g/mol. The smallest absolute Gasteiger partial charge is 0.0560 e. The molecule has 1 nitrogen and oxygen atoms in total. The van der Waals surface area contributed by atoms with Crippen molar-refractivity contribution in [3.05, 3.63) is 83.5 Å². The van der Waals surface area contributed by atoms with Crippen LogP contribution in [0.2, 0.25) is 0 Å². The lowest BCUT2D eigenvalue weighted by Gasteiger charge is -2.33. The quantitative estimate of drug-likeness (QED) is 0.699. The van der Waals surface area contributed by atoms with Crippen LogP contribution in [0.3, 0.4) is 0 Å². The van der Waals surface area contributed by atoms with Crippen molar-refractivity contribution in [2.24, 2.45) is 0 Å². The Balaban J connectivity index is 2.04. The first kappa shape index (κ1) is 14.6. The second-order valence-electron chi connectivity index (χ2n) is 6.16. The molecule has 0 spiro atoms. The second-order valence-corrected chi connectivity index (χ2v) is 6.16. The fraction of sp³-hybridized carbons (Fsp3) is 0.238. The molecule has 3 rings (SSSR count). The van der Waals surface area contributed by atoms with E-state index in [1.165, 1.54) is 28.1 Å². The van der Waals surface area contributed by atoms with E-state index in [4.69, 9.17) is 0 Å². The van der Waals surface area contributed by atoms with Gasteiger partial charge in [0.05, 0.1) is 6.04 Å². The molecule has 1 unspecified atom stereocenters. The fourth-order valence-corrected chi connectivity index (χ4v) is 3.00. The summed E-state index contributed by atoms with van der Waals surface area (Å²) >= 11 is 0. The molecule has 0 saturated carbocycles. The van der Waals surface area contributed by atoms with Crippen molar-refractivity contribution in [1.29, 1.82) is 0 Å². The topological polar surface area (TPSA) is 3.24 Å². The normalized spacial score (nSPS) is 17.2. The first-order chi connectivity index (χ1) is 10.6. The highest BCUT2D eigenvalue weighted by Crippen LogP contribution is 2.32. The number of rotatable bonds is 3. The fourth-order valence-electron chi connectivity index (χ4n) is 3.00. The molecule has 0 aromatic heterocycles. The minimum absolute atomic E-state index is 0.368. The van der Waals surface area contributed by atoms with Gasteiger partial charge in [-0.1, -0.05) is 48.1 Å². The zero-order chi connectivity index (χ0) is 15.5. The molecule has 1 aliphatic carbocycles. The summed E-state index contributed by atoms with van der Waals surface area (Å²) in [5, 5.41) is 0. The average molecular weight is 289 g/mol. The highest BCUT2D eigenvalue weighted by atomic mass is 15.2. The Bertz CT molecular complexity index is 679. The number of anilines is 2. The maximum atomic E-state index is 2.44. The van der Waals surface area contributed by atoms with Gasteiger partial charge in [-0.2, -0.15) is 0 Å². The van der Waals surface area contributed by atoms with Crippen LogP contribution in [0.1, 0.15) is 24.5 Å². The Labute approximate surface area is 133 Å². The van der Waals surface area contributed by atoms with Gasteiger partial charge in [-0.25, -0.2) is 0 Å². The first-order valence-corrected chi connectivity index (χ1v) is 7.91. The van der Waals surface area contributed by atoms with Crippen molar-refractivity contribution in [3.8, 4) is 0 Å². The van der Waals surface area contributed by atoms with Crippen LogP contribution in [0.25, 0.3) is 0 Å². The number of allylic oxidation sites excluding steroid dienone is 2. The Morgan fingerprint density at radius 1 is 0.864 bits per heavy atom. The number of hydrogen-bond donors (Lipinski definition) is 0. The predicted octanol–water partition coefficient (Wildman–Crippen LogP) is 5.72. The lowest BCUT2D eigenvalue weighted by molar-refractivity contribution is 0.779. The Hall–Kier alpha value is -2.28. The highest BCUT2D eigenvalue weighted by Gasteiger charge is 2.19. The molecule has 0 saturated heterocycles. The number of hydrogen-bond acceptors (Lipinski definition) is 1. The molecule has 1 heteroatoms. The Kier molecular flexibility index (Phi) is 4.15. The molecule has 0 aliphatic heterocycles. The van der Waals surface area contributed by atoms with Crippen LogP contribution < -0.4 is 4.90 Å². The van der Waals surface area contributed by atoms with Crippen LogP contribution in [0, 0.1) is 13.8 Å². The zero-order valence-corrected chi connectivity index (χ0v) is 13.6. The van der Waals surface area contributed by atoms with E-state index in [0.717, 1.165) is 6.42 Å². The summed E-state index contributed by atoms with van der Waals surface area (Å²) in [4.78, 5) is 2.44. The minimum Gasteiger partial charge on any atom is -0.334 e. The van der Waals surface area contributed by atoms with Gasteiger partial charge >= 0.3 is 0 Å². The van der Waals surface area contributed by atoms with Crippen molar-refractivity contribution in [2.45, 2.75) is 33.2 Å². The predicted molar refractivity (Wildman–Crippen MR) is 95.8 cm³/mol. The summed E-state index contributed by atoms with van der Waals surface area (Å²) in [7, 11) is 0. The summed E-state index contributed by atoms with van der Waals surface area (Å²) in [5.41, 5.74) is 6.45. The average Bonchev–Trinajstić information content (AvgIpc) is 2.50.